The van der Waals surface area contributed by atoms with Gasteiger partial charge in [0.25, 0.3) is 0 Å². The molecule has 0 N–H and O–H groups in total. The molecule has 2 rings (SSSR count). The maximum absolute atomic E-state index is 13.4. The predicted molar refractivity (Wildman–Crippen MR) is 57.1 cm³/mol. The highest BCUT2D eigenvalue weighted by Crippen LogP contribution is 2.43. The third-order valence-corrected chi connectivity index (χ3v) is 3.95. The first-order valence-electron chi connectivity index (χ1n) is 6.01. The maximum atomic E-state index is 13.4. The minimum Gasteiger partial charge on any atom is -0.295 e. The van der Waals surface area contributed by atoms with E-state index in [2.05, 4.69) is 18.7 Å². The Balaban J connectivity index is 1.98. The average Bonchev–Trinajstić information content (AvgIpc) is 2.56. The van der Waals surface area contributed by atoms with Gasteiger partial charge in [-0.05, 0) is 44.6 Å². The molecule has 2 aliphatic heterocycles. The molecule has 2 heterocycles. The van der Waals surface area contributed by atoms with Crippen LogP contribution in [0.3, 0.4) is 0 Å². The van der Waals surface area contributed by atoms with E-state index in [0.29, 0.717) is 6.54 Å². The van der Waals surface area contributed by atoms with Crippen molar-refractivity contribution in [2.75, 3.05) is 13.1 Å². The third kappa shape index (κ3) is 1.81. The van der Waals surface area contributed by atoms with Crippen LogP contribution in [0.5, 0.6) is 0 Å². The van der Waals surface area contributed by atoms with E-state index in [-0.39, 0.29) is 5.54 Å². The summed E-state index contributed by atoms with van der Waals surface area (Å²) in [7, 11) is 0. The Labute approximate surface area is 86.7 Å². The van der Waals surface area contributed by atoms with Crippen molar-refractivity contribution in [3.8, 4) is 0 Å². The van der Waals surface area contributed by atoms with Gasteiger partial charge in [0.1, 0.15) is 6.17 Å². The molecule has 2 saturated heterocycles. The average molecular weight is 199 g/mol. The molecule has 0 amide bonds. The van der Waals surface area contributed by atoms with Crippen LogP contribution in [-0.2, 0) is 0 Å². The van der Waals surface area contributed by atoms with Crippen LogP contribution >= 0.6 is 0 Å². The molecule has 0 bridgehead atoms. The van der Waals surface area contributed by atoms with Gasteiger partial charge in [-0.3, -0.25) is 4.90 Å². The van der Waals surface area contributed by atoms with E-state index in [0.717, 1.165) is 18.9 Å². The monoisotopic (exact) mass is 199 g/mol. The lowest BCUT2D eigenvalue weighted by Gasteiger charge is -2.32. The fourth-order valence-electron chi connectivity index (χ4n) is 3.17. The summed E-state index contributed by atoms with van der Waals surface area (Å²) in [5.74, 6) is 0.755. The molecule has 0 spiro atoms. The van der Waals surface area contributed by atoms with Crippen LogP contribution in [0.1, 0.15) is 46.0 Å². The van der Waals surface area contributed by atoms with Crippen molar-refractivity contribution < 1.29 is 4.39 Å². The van der Waals surface area contributed by atoms with E-state index in [9.17, 15) is 4.39 Å². The van der Waals surface area contributed by atoms with Gasteiger partial charge >= 0.3 is 0 Å². The Bertz CT molecular complexity index is 204. The largest absolute Gasteiger partial charge is 0.295 e. The van der Waals surface area contributed by atoms with Gasteiger partial charge in [0.2, 0.25) is 0 Å². The van der Waals surface area contributed by atoms with Gasteiger partial charge in [0.15, 0.2) is 0 Å². The normalized spacial score (nSPS) is 38.1. The van der Waals surface area contributed by atoms with Crippen LogP contribution in [0.25, 0.3) is 0 Å². The van der Waals surface area contributed by atoms with Crippen LogP contribution in [0.4, 0.5) is 4.39 Å². The Morgan fingerprint density at radius 2 is 2.29 bits per heavy atom. The molecule has 14 heavy (non-hydrogen) atoms. The summed E-state index contributed by atoms with van der Waals surface area (Å²) < 4.78 is 13.4. The van der Waals surface area contributed by atoms with Gasteiger partial charge in [-0.15, -0.1) is 0 Å². The van der Waals surface area contributed by atoms with E-state index in [4.69, 9.17) is 0 Å². The molecule has 2 unspecified atom stereocenters. The van der Waals surface area contributed by atoms with Gasteiger partial charge in [-0.2, -0.15) is 0 Å². The van der Waals surface area contributed by atoms with Crippen molar-refractivity contribution >= 4 is 0 Å². The van der Waals surface area contributed by atoms with Gasteiger partial charge < -0.3 is 0 Å². The number of halogens is 1. The van der Waals surface area contributed by atoms with E-state index in [1.165, 1.54) is 25.7 Å². The lowest BCUT2D eigenvalue weighted by molar-refractivity contribution is 0.172. The first kappa shape index (κ1) is 10.4. The fourth-order valence-corrected chi connectivity index (χ4v) is 3.17. The molecule has 0 radical (unpaired) electrons. The first-order valence-corrected chi connectivity index (χ1v) is 6.01. The highest BCUT2D eigenvalue weighted by molar-refractivity contribution is 5.03. The Morgan fingerprint density at radius 1 is 1.50 bits per heavy atom. The molecule has 2 heteroatoms. The zero-order valence-corrected chi connectivity index (χ0v) is 9.43. The molecule has 0 aliphatic carbocycles. The van der Waals surface area contributed by atoms with Crippen LogP contribution in [0, 0.1) is 5.92 Å². The molecule has 0 saturated carbocycles. The highest BCUT2D eigenvalue weighted by atomic mass is 19.1. The van der Waals surface area contributed by atoms with Crippen LogP contribution in [0.2, 0.25) is 0 Å². The summed E-state index contributed by atoms with van der Waals surface area (Å²) in [5.41, 5.74) is 0.268. The molecule has 0 aromatic rings. The number of fused-ring (bicyclic) bond motifs is 1. The molecule has 1 nitrogen and oxygen atoms in total. The molecule has 2 atom stereocenters. The zero-order valence-electron chi connectivity index (χ0n) is 9.43. The van der Waals surface area contributed by atoms with Crippen molar-refractivity contribution in [2.45, 2.75) is 57.7 Å². The molecule has 2 aliphatic rings. The number of nitrogens with zero attached hydrogens (tertiary/aromatic N) is 1. The zero-order chi connectivity index (χ0) is 10.2. The predicted octanol–water partition coefficient (Wildman–Crippen LogP) is 3.00. The van der Waals surface area contributed by atoms with Crippen molar-refractivity contribution in [1.82, 2.24) is 4.90 Å². The van der Waals surface area contributed by atoms with Crippen molar-refractivity contribution in [2.24, 2.45) is 5.92 Å². The lowest BCUT2D eigenvalue weighted by atomic mass is 9.86. The smallest absolute Gasteiger partial charge is 0.115 e. The van der Waals surface area contributed by atoms with E-state index >= 15 is 0 Å². The Kier molecular flexibility index (Phi) is 2.83. The van der Waals surface area contributed by atoms with E-state index in [1.807, 2.05) is 0 Å². The Hall–Kier alpha value is -0.110. The van der Waals surface area contributed by atoms with Crippen molar-refractivity contribution in [3.63, 3.8) is 0 Å². The molecule has 0 aromatic carbocycles. The standard InChI is InChI=1S/C12H22FN/c1-10(2)4-6-12-5-3-7-14(12)9-11(13)8-12/h10-11H,3-9H2,1-2H3. The SMILES string of the molecule is CC(C)CCC12CCCN1CC(F)C2. The number of hydrogen-bond acceptors (Lipinski definition) is 1. The highest BCUT2D eigenvalue weighted by Gasteiger charge is 2.47. The molecule has 0 aromatic heterocycles. The van der Waals surface area contributed by atoms with Crippen molar-refractivity contribution in [1.29, 1.82) is 0 Å². The topological polar surface area (TPSA) is 3.24 Å². The second kappa shape index (κ2) is 3.80. The van der Waals surface area contributed by atoms with Crippen LogP contribution < -0.4 is 0 Å². The van der Waals surface area contributed by atoms with Crippen LogP contribution in [-0.4, -0.2) is 29.7 Å². The second-order valence-corrected chi connectivity index (χ2v) is 5.51. The quantitative estimate of drug-likeness (QED) is 0.675. The lowest BCUT2D eigenvalue weighted by Crippen LogP contribution is -2.38. The van der Waals surface area contributed by atoms with E-state index in [1.54, 1.807) is 0 Å². The number of alkyl halides is 1. The molecular formula is C12H22FN. The van der Waals surface area contributed by atoms with Crippen LogP contribution in [0.15, 0.2) is 0 Å². The summed E-state index contributed by atoms with van der Waals surface area (Å²) in [6, 6.07) is 0. The first-order chi connectivity index (χ1) is 6.62. The summed E-state index contributed by atoms with van der Waals surface area (Å²) in [5, 5.41) is 0. The molecular weight excluding hydrogens is 177 g/mol. The number of hydrogen-bond donors (Lipinski definition) is 0. The Morgan fingerprint density at radius 3 is 3.00 bits per heavy atom. The molecule has 2 fully saturated rings. The summed E-state index contributed by atoms with van der Waals surface area (Å²) in [6.45, 7) is 6.37. The van der Waals surface area contributed by atoms with E-state index < -0.39 is 6.17 Å². The summed E-state index contributed by atoms with van der Waals surface area (Å²) in [4.78, 5) is 2.42. The van der Waals surface area contributed by atoms with Gasteiger partial charge in [-0.25, -0.2) is 4.39 Å². The second-order valence-electron chi connectivity index (χ2n) is 5.51. The van der Waals surface area contributed by atoms with Gasteiger partial charge in [-0.1, -0.05) is 13.8 Å². The third-order valence-electron chi connectivity index (χ3n) is 3.95. The maximum Gasteiger partial charge on any atom is 0.115 e. The van der Waals surface area contributed by atoms with Crippen molar-refractivity contribution in [3.05, 3.63) is 0 Å². The fraction of sp³-hybridized carbons (Fsp3) is 1.00. The minimum absolute atomic E-state index is 0.268. The minimum atomic E-state index is -0.553. The molecule has 82 valence electrons. The van der Waals surface area contributed by atoms with Gasteiger partial charge in [0.05, 0.1) is 0 Å². The number of rotatable bonds is 3. The summed E-state index contributed by atoms with van der Waals surface area (Å²) >= 11 is 0. The summed E-state index contributed by atoms with van der Waals surface area (Å²) in [6.07, 6.45) is 5.24. The van der Waals surface area contributed by atoms with Gasteiger partial charge in [0, 0.05) is 12.1 Å².